The Morgan fingerprint density at radius 1 is 0.690 bits per heavy atom. The number of rotatable bonds is 23. The molecule has 0 aliphatic rings. The van der Waals surface area contributed by atoms with Crippen LogP contribution in [-0.2, 0) is 29.7 Å². The number of aliphatic hydroxyl groups is 1. The van der Waals surface area contributed by atoms with Crippen molar-refractivity contribution in [1.29, 1.82) is 0 Å². The zero-order valence-electron chi connectivity index (χ0n) is 19.1. The van der Waals surface area contributed by atoms with Crippen molar-refractivity contribution in [1.82, 2.24) is 0 Å². The number of hydrogen-bond donors (Lipinski definition) is 1. The van der Waals surface area contributed by atoms with Crippen LogP contribution in [0.5, 0.6) is 0 Å². The van der Waals surface area contributed by atoms with E-state index in [1.54, 1.807) is 0 Å². The number of aliphatic hydroxyl groups excluding tert-OH is 1. The Hall–Kier alpha value is -0.0500. The van der Waals surface area contributed by atoms with Gasteiger partial charge < -0.3 is 24.1 Å². The van der Waals surface area contributed by atoms with E-state index in [4.69, 9.17) is 24.1 Å². The summed E-state index contributed by atoms with van der Waals surface area (Å²) in [6, 6.07) is 0. The highest BCUT2D eigenvalue weighted by Crippen LogP contribution is 2.22. The van der Waals surface area contributed by atoms with Crippen molar-refractivity contribution in [2.75, 3.05) is 65.2 Å². The first-order chi connectivity index (χ1) is 14.0. The summed E-state index contributed by atoms with van der Waals surface area (Å²) in [5.41, 5.74) is 0. The summed E-state index contributed by atoms with van der Waals surface area (Å²) >= 11 is 0. The van der Waals surface area contributed by atoms with E-state index in [-0.39, 0.29) is 11.4 Å². The van der Waals surface area contributed by atoms with E-state index in [0.29, 0.717) is 58.6 Å². The van der Waals surface area contributed by atoms with Gasteiger partial charge in [-0.15, -0.1) is 0 Å². The summed E-state index contributed by atoms with van der Waals surface area (Å²) in [7, 11) is -0.869. The topological polar surface area (TPSA) is 74.2 Å². The normalized spacial score (nSPS) is 13.1. The second kappa shape index (κ2) is 21.2. The van der Waals surface area contributed by atoms with Crippen molar-refractivity contribution in [3.05, 3.63) is 0 Å². The lowest BCUT2D eigenvalue weighted by Gasteiger charge is -2.24. The molecule has 29 heavy (non-hydrogen) atoms. The highest BCUT2D eigenvalue weighted by Gasteiger charge is 2.24. The molecular weight excluding hydrogens is 392 g/mol. The third-order valence-corrected chi connectivity index (χ3v) is 6.74. The summed E-state index contributed by atoms with van der Waals surface area (Å²) in [6.07, 6.45) is 10.0. The standard InChI is InChI=1S/C22H46O6S/c1-4-5-6-7-8-9-10-11-22(2,3)29(24)21-20-28-19-18-27-17-16-26-15-14-25-13-12-23/h23H,4-21H2,1-3H3. The molecule has 0 amide bonds. The Morgan fingerprint density at radius 2 is 1.14 bits per heavy atom. The molecule has 0 spiro atoms. The summed E-state index contributed by atoms with van der Waals surface area (Å²) in [4.78, 5) is 0. The smallest absolute Gasteiger partial charge is 0.0701 e. The molecule has 176 valence electrons. The van der Waals surface area contributed by atoms with Crippen molar-refractivity contribution in [3.8, 4) is 0 Å². The van der Waals surface area contributed by atoms with E-state index >= 15 is 0 Å². The zero-order chi connectivity index (χ0) is 21.6. The average Bonchev–Trinajstić information content (AvgIpc) is 2.70. The van der Waals surface area contributed by atoms with Gasteiger partial charge in [-0.25, -0.2) is 0 Å². The summed E-state index contributed by atoms with van der Waals surface area (Å²) in [5.74, 6) is 0.584. The van der Waals surface area contributed by atoms with Gasteiger partial charge in [-0.05, 0) is 20.3 Å². The van der Waals surface area contributed by atoms with Gasteiger partial charge in [0.25, 0.3) is 0 Å². The second-order valence-corrected chi connectivity index (χ2v) is 10.1. The van der Waals surface area contributed by atoms with Gasteiger partial charge in [0.1, 0.15) is 0 Å². The van der Waals surface area contributed by atoms with Gasteiger partial charge in [-0.1, -0.05) is 51.9 Å². The molecule has 0 radical (unpaired) electrons. The monoisotopic (exact) mass is 438 g/mol. The summed E-state index contributed by atoms with van der Waals surface area (Å²) in [6.45, 7) is 10.4. The largest absolute Gasteiger partial charge is 0.394 e. The first kappa shape index (κ1) is 28.9. The Labute approximate surface area is 181 Å². The van der Waals surface area contributed by atoms with Crippen molar-refractivity contribution >= 4 is 10.8 Å². The molecule has 1 atom stereocenters. The van der Waals surface area contributed by atoms with Gasteiger partial charge >= 0.3 is 0 Å². The van der Waals surface area contributed by atoms with Crippen LogP contribution in [0, 0.1) is 0 Å². The van der Waals surface area contributed by atoms with Gasteiger partial charge in [0.05, 0.1) is 59.5 Å². The third-order valence-electron chi connectivity index (χ3n) is 4.76. The van der Waals surface area contributed by atoms with Gasteiger partial charge in [0.2, 0.25) is 0 Å². The minimum atomic E-state index is -0.869. The highest BCUT2D eigenvalue weighted by atomic mass is 32.2. The number of unbranched alkanes of at least 4 members (excludes halogenated alkanes) is 6. The van der Waals surface area contributed by atoms with Crippen LogP contribution in [-0.4, -0.2) is 79.3 Å². The van der Waals surface area contributed by atoms with Crippen LogP contribution in [0.25, 0.3) is 0 Å². The first-order valence-corrected chi connectivity index (χ1v) is 12.7. The van der Waals surface area contributed by atoms with Crippen LogP contribution in [0.15, 0.2) is 0 Å². The minimum absolute atomic E-state index is 0.0351. The quantitative estimate of drug-likeness (QED) is 0.245. The van der Waals surface area contributed by atoms with Crippen molar-refractivity contribution in [3.63, 3.8) is 0 Å². The molecule has 1 unspecified atom stereocenters. The molecule has 0 aliphatic carbocycles. The van der Waals surface area contributed by atoms with Crippen LogP contribution in [0.4, 0.5) is 0 Å². The summed E-state index contributed by atoms with van der Waals surface area (Å²) in [5, 5.41) is 8.56. The van der Waals surface area contributed by atoms with Crippen molar-refractivity contribution < 1.29 is 28.3 Å². The predicted molar refractivity (Wildman–Crippen MR) is 120 cm³/mol. The maximum absolute atomic E-state index is 12.5. The molecule has 0 aromatic heterocycles. The Kier molecular flexibility index (Phi) is 21.2. The van der Waals surface area contributed by atoms with E-state index in [9.17, 15) is 4.21 Å². The fraction of sp³-hybridized carbons (Fsp3) is 1.00. The molecule has 0 bridgehead atoms. The predicted octanol–water partition coefficient (Wildman–Crippen LogP) is 3.71. The Morgan fingerprint density at radius 3 is 1.66 bits per heavy atom. The number of hydrogen-bond acceptors (Lipinski definition) is 6. The Bertz CT molecular complexity index is 365. The maximum atomic E-state index is 12.5. The fourth-order valence-electron chi connectivity index (χ4n) is 2.86. The van der Waals surface area contributed by atoms with Crippen LogP contribution < -0.4 is 0 Å². The fourth-order valence-corrected chi connectivity index (χ4v) is 4.05. The van der Waals surface area contributed by atoms with Crippen molar-refractivity contribution in [2.45, 2.75) is 76.9 Å². The molecule has 1 N–H and O–H groups in total. The van der Waals surface area contributed by atoms with Crippen LogP contribution in [0.1, 0.15) is 72.1 Å². The van der Waals surface area contributed by atoms with Crippen LogP contribution in [0.3, 0.4) is 0 Å². The van der Waals surface area contributed by atoms with Gasteiger partial charge in [0, 0.05) is 21.3 Å². The van der Waals surface area contributed by atoms with E-state index in [1.165, 1.54) is 38.5 Å². The lowest BCUT2D eigenvalue weighted by molar-refractivity contribution is -0.00422. The second-order valence-electron chi connectivity index (χ2n) is 7.85. The van der Waals surface area contributed by atoms with Crippen LogP contribution >= 0.6 is 0 Å². The van der Waals surface area contributed by atoms with Gasteiger partial charge in [-0.2, -0.15) is 0 Å². The minimum Gasteiger partial charge on any atom is -0.394 e. The molecule has 0 aromatic rings. The molecule has 7 heteroatoms. The molecule has 0 saturated heterocycles. The Balaban J connectivity index is 3.46. The van der Waals surface area contributed by atoms with Crippen molar-refractivity contribution in [2.24, 2.45) is 0 Å². The first-order valence-electron chi connectivity index (χ1n) is 11.3. The lowest BCUT2D eigenvalue weighted by Crippen LogP contribution is -2.30. The summed E-state index contributed by atoms with van der Waals surface area (Å²) < 4.78 is 33.8. The molecule has 0 aromatic carbocycles. The SMILES string of the molecule is CCCCCCCCCC(C)(C)S(=O)CCOCCOCCOCCOCCO. The maximum Gasteiger partial charge on any atom is 0.0701 e. The molecule has 0 saturated carbocycles. The average molecular weight is 439 g/mol. The molecule has 0 fully saturated rings. The van der Waals surface area contributed by atoms with E-state index in [2.05, 4.69) is 20.8 Å². The lowest BCUT2D eigenvalue weighted by atomic mass is 10.0. The molecule has 0 rings (SSSR count). The highest BCUT2D eigenvalue weighted by molar-refractivity contribution is 7.86. The van der Waals surface area contributed by atoms with Crippen LogP contribution in [0.2, 0.25) is 0 Å². The van der Waals surface area contributed by atoms with Gasteiger partial charge in [0.15, 0.2) is 0 Å². The molecule has 0 aliphatic heterocycles. The van der Waals surface area contributed by atoms with E-state index in [1.807, 2.05) is 0 Å². The zero-order valence-corrected chi connectivity index (χ0v) is 19.9. The third kappa shape index (κ3) is 19.6. The molecule has 6 nitrogen and oxygen atoms in total. The van der Waals surface area contributed by atoms with E-state index < -0.39 is 10.8 Å². The van der Waals surface area contributed by atoms with Gasteiger partial charge in [-0.3, -0.25) is 4.21 Å². The molecule has 0 heterocycles. The van der Waals surface area contributed by atoms with E-state index in [0.717, 1.165) is 12.8 Å². The number of ether oxygens (including phenoxy) is 4. The molecular formula is C22H46O6S.